The summed E-state index contributed by atoms with van der Waals surface area (Å²) in [6.07, 6.45) is -4.47. The van der Waals surface area contributed by atoms with Crippen molar-refractivity contribution in [2.45, 2.75) is 6.18 Å². The molecule has 0 aliphatic carbocycles. The van der Waals surface area contributed by atoms with Crippen molar-refractivity contribution in [3.05, 3.63) is 40.8 Å². The highest BCUT2D eigenvalue weighted by Crippen LogP contribution is 2.40. The predicted molar refractivity (Wildman–Crippen MR) is 63.9 cm³/mol. The Morgan fingerprint density at radius 3 is 2.44 bits per heavy atom. The summed E-state index contributed by atoms with van der Waals surface area (Å²) in [5, 5.41) is 8.69. The van der Waals surface area contributed by atoms with Crippen LogP contribution in [0.2, 0.25) is 0 Å². The smallest absolute Gasteiger partial charge is 0.399 e. The largest absolute Gasteiger partial charge is 0.417 e. The molecule has 0 spiro atoms. The Kier molecular flexibility index (Phi) is 3.01. The minimum absolute atomic E-state index is 0.0446. The summed E-state index contributed by atoms with van der Waals surface area (Å²) in [6, 6.07) is 8.54. The van der Waals surface area contributed by atoms with E-state index in [4.69, 9.17) is 11.0 Å². The molecule has 1 aromatic carbocycles. The first-order chi connectivity index (χ1) is 8.41. The van der Waals surface area contributed by atoms with Gasteiger partial charge in [-0.3, -0.25) is 0 Å². The number of hydrogen-bond acceptors (Lipinski definition) is 3. The third-order valence-corrected chi connectivity index (χ3v) is 3.35. The van der Waals surface area contributed by atoms with Crippen LogP contribution in [0.25, 0.3) is 10.4 Å². The molecular formula is C12H7F3N2S. The van der Waals surface area contributed by atoms with Crippen LogP contribution in [0.3, 0.4) is 0 Å². The molecule has 0 radical (unpaired) electrons. The lowest BCUT2D eigenvalue weighted by molar-refractivity contribution is -0.137. The van der Waals surface area contributed by atoms with Crippen molar-refractivity contribution in [3.8, 4) is 16.5 Å². The van der Waals surface area contributed by atoms with E-state index < -0.39 is 11.7 Å². The Bertz CT molecular complexity index is 623. The number of rotatable bonds is 1. The van der Waals surface area contributed by atoms with E-state index in [0.29, 0.717) is 9.75 Å². The highest BCUT2D eigenvalue weighted by atomic mass is 32.1. The van der Waals surface area contributed by atoms with Gasteiger partial charge < -0.3 is 5.73 Å². The number of alkyl halides is 3. The zero-order valence-corrected chi connectivity index (χ0v) is 9.77. The fourth-order valence-electron chi connectivity index (χ4n) is 1.55. The van der Waals surface area contributed by atoms with E-state index in [1.165, 1.54) is 24.3 Å². The average molecular weight is 268 g/mol. The van der Waals surface area contributed by atoms with Gasteiger partial charge >= 0.3 is 6.18 Å². The SMILES string of the molecule is N#Cc1ccc(-c2ccc(N)cc2C(F)(F)F)s1. The van der Waals surface area contributed by atoms with Crippen molar-refractivity contribution >= 4 is 17.0 Å². The fraction of sp³-hybridized carbons (Fsp3) is 0.0833. The summed E-state index contributed by atoms with van der Waals surface area (Å²) < 4.78 is 38.7. The second kappa shape index (κ2) is 4.35. The van der Waals surface area contributed by atoms with Gasteiger partial charge in [0.15, 0.2) is 0 Å². The topological polar surface area (TPSA) is 49.8 Å². The van der Waals surface area contributed by atoms with E-state index in [0.717, 1.165) is 17.4 Å². The third-order valence-electron chi connectivity index (χ3n) is 2.33. The van der Waals surface area contributed by atoms with Crippen molar-refractivity contribution in [3.63, 3.8) is 0 Å². The van der Waals surface area contributed by atoms with Crippen molar-refractivity contribution in [1.82, 2.24) is 0 Å². The average Bonchev–Trinajstić information content (AvgIpc) is 2.76. The van der Waals surface area contributed by atoms with E-state index in [1.54, 1.807) is 0 Å². The molecule has 1 heterocycles. The second-order valence-electron chi connectivity index (χ2n) is 3.58. The normalized spacial score (nSPS) is 11.2. The molecule has 2 aromatic rings. The molecule has 0 fully saturated rings. The van der Waals surface area contributed by atoms with Crippen LogP contribution in [0.5, 0.6) is 0 Å². The molecule has 2 rings (SSSR count). The quantitative estimate of drug-likeness (QED) is 0.798. The first-order valence-corrected chi connectivity index (χ1v) is 5.70. The van der Waals surface area contributed by atoms with Crippen molar-refractivity contribution in [2.75, 3.05) is 5.73 Å². The highest BCUT2D eigenvalue weighted by Gasteiger charge is 2.34. The van der Waals surface area contributed by atoms with Gasteiger partial charge in [0.05, 0.1) is 5.56 Å². The minimum Gasteiger partial charge on any atom is -0.399 e. The summed E-state index contributed by atoms with van der Waals surface area (Å²) in [7, 11) is 0. The molecule has 0 aliphatic rings. The molecule has 0 saturated carbocycles. The lowest BCUT2D eigenvalue weighted by atomic mass is 10.0. The van der Waals surface area contributed by atoms with Gasteiger partial charge in [0.1, 0.15) is 10.9 Å². The third kappa shape index (κ3) is 2.31. The van der Waals surface area contributed by atoms with Crippen molar-refractivity contribution in [1.29, 1.82) is 5.26 Å². The number of anilines is 1. The van der Waals surface area contributed by atoms with Gasteiger partial charge in [-0.15, -0.1) is 11.3 Å². The van der Waals surface area contributed by atoms with Crippen molar-refractivity contribution < 1.29 is 13.2 Å². The fourth-order valence-corrected chi connectivity index (χ4v) is 2.40. The summed E-state index contributed by atoms with van der Waals surface area (Å²) in [6.45, 7) is 0. The number of benzene rings is 1. The number of halogens is 3. The molecule has 1 aromatic heterocycles. The molecule has 0 aliphatic heterocycles. The maximum absolute atomic E-state index is 12.9. The van der Waals surface area contributed by atoms with Gasteiger partial charge in [0, 0.05) is 16.1 Å². The van der Waals surface area contributed by atoms with Gasteiger partial charge in [0.2, 0.25) is 0 Å². The van der Waals surface area contributed by atoms with Crippen molar-refractivity contribution in [2.24, 2.45) is 0 Å². The Hall–Kier alpha value is -2.00. The molecule has 2 nitrogen and oxygen atoms in total. The highest BCUT2D eigenvalue weighted by molar-refractivity contribution is 7.16. The monoisotopic (exact) mass is 268 g/mol. The lowest BCUT2D eigenvalue weighted by Crippen LogP contribution is -2.07. The molecule has 0 bridgehead atoms. The van der Waals surface area contributed by atoms with Crippen LogP contribution in [0.1, 0.15) is 10.4 Å². The van der Waals surface area contributed by atoms with Gasteiger partial charge in [-0.1, -0.05) is 6.07 Å². The number of nitrogens with zero attached hydrogens (tertiary/aromatic N) is 1. The number of nitrogens with two attached hydrogens (primary N) is 1. The summed E-state index contributed by atoms with van der Waals surface area (Å²) in [5.74, 6) is 0. The zero-order chi connectivity index (χ0) is 13.3. The molecular weight excluding hydrogens is 261 g/mol. The van der Waals surface area contributed by atoms with Crippen LogP contribution in [0.15, 0.2) is 30.3 Å². The summed E-state index contributed by atoms with van der Waals surface area (Å²) in [5.41, 5.74) is 4.70. The van der Waals surface area contributed by atoms with Gasteiger partial charge in [-0.05, 0) is 24.3 Å². The van der Waals surface area contributed by atoms with Crippen LogP contribution in [0, 0.1) is 11.3 Å². The van der Waals surface area contributed by atoms with Crippen LogP contribution in [-0.4, -0.2) is 0 Å². The van der Waals surface area contributed by atoms with E-state index in [1.807, 2.05) is 6.07 Å². The van der Waals surface area contributed by atoms with Gasteiger partial charge in [-0.25, -0.2) is 0 Å². The number of nitriles is 1. The van der Waals surface area contributed by atoms with Gasteiger partial charge in [-0.2, -0.15) is 18.4 Å². The second-order valence-corrected chi connectivity index (χ2v) is 4.66. The van der Waals surface area contributed by atoms with Gasteiger partial charge in [0.25, 0.3) is 0 Å². The molecule has 92 valence electrons. The molecule has 2 N–H and O–H groups in total. The number of thiophene rings is 1. The van der Waals surface area contributed by atoms with E-state index >= 15 is 0 Å². The lowest BCUT2D eigenvalue weighted by Gasteiger charge is -2.12. The maximum Gasteiger partial charge on any atom is 0.417 e. The van der Waals surface area contributed by atoms with Crippen LogP contribution >= 0.6 is 11.3 Å². The molecule has 0 saturated heterocycles. The molecule has 18 heavy (non-hydrogen) atoms. The maximum atomic E-state index is 12.9. The van der Waals surface area contributed by atoms with E-state index in [2.05, 4.69) is 0 Å². The molecule has 6 heteroatoms. The molecule has 0 atom stereocenters. The van der Waals surface area contributed by atoms with E-state index in [9.17, 15) is 13.2 Å². The summed E-state index contributed by atoms with van der Waals surface area (Å²) in [4.78, 5) is 0.772. The first kappa shape index (κ1) is 12.5. The Balaban J connectivity index is 2.61. The Morgan fingerprint density at radius 1 is 1.17 bits per heavy atom. The number of nitrogen functional groups attached to an aromatic ring is 1. The Labute approximate surface area is 105 Å². The zero-order valence-electron chi connectivity index (χ0n) is 8.95. The standard InChI is InChI=1S/C12H7F3N2S/c13-12(14,15)10-5-7(17)1-3-9(10)11-4-2-8(6-16)18-11/h1-5H,17H2. The van der Waals surface area contributed by atoms with E-state index in [-0.39, 0.29) is 11.3 Å². The minimum atomic E-state index is -4.47. The summed E-state index contributed by atoms with van der Waals surface area (Å²) >= 11 is 1.02. The molecule has 0 unspecified atom stereocenters. The first-order valence-electron chi connectivity index (χ1n) is 4.89. The van der Waals surface area contributed by atoms with Crippen LogP contribution in [-0.2, 0) is 6.18 Å². The molecule has 0 amide bonds. The predicted octanol–water partition coefficient (Wildman–Crippen LogP) is 3.89. The Morgan fingerprint density at radius 2 is 1.89 bits per heavy atom. The van der Waals surface area contributed by atoms with Crippen LogP contribution in [0.4, 0.5) is 18.9 Å². The van der Waals surface area contributed by atoms with Crippen LogP contribution < -0.4 is 5.73 Å². The number of hydrogen-bond donors (Lipinski definition) is 1.